The Bertz CT molecular complexity index is 140. The molecule has 1 fully saturated rings. The van der Waals surface area contributed by atoms with E-state index in [9.17, 15) is 0 Å². The Kier molecular flexibility index (Phi) is 5.14. The van der Waals surface area contributed by atoms with E-state index < -0.39 is 0 Å². The van der Waals surface area contributed by atoms with Crippen molar-refractivity contribution < 1.29 is 0 Å². The largest absolute Gasteiger partial charge is 0.314 e. The molecular weight excluding hydrogens is 158 g/mol. The summed E-state index contributed by atoms with van der Waals surface area (Å²) in [5.41, 5.74) is 0. The molecule has 1 saturated carbocycles. The lowest BCUT2D eigenvalue weighted by Gasteiger charge is -2.32. The standard InChI is InChI=1S/C12H23N/c1-3-5-8-11-9-6-7-10-12(11)13-4-2/h3,11-13H,1,4-10H2,2H3. The molecule has 0 amide bonds. The maximum Gasteiger partial charge on any atom is 0.00953 e. The van der Waals surface area contributed by atoms with Gasteiger partial charge in [0.2, 0.25) is 0 Å². The summed E-state index contributed by atoms with van der Waals surface area (Å²) in [5, 5.41) is 3.61. The van der Waals surface area contributed by atoms with Crippen LogP contribution < -0.4 is 5.32 Å². The van der Waals surface area contributed by atoms with Crippen molar-refractivity contribution in [2.75, 3.05) is 6.54 Å². The van der Waals surface area contributed by atoms with Crippen LogP contribution in [-0.4, -0.2) is 12.6 Å². The molecule has 1 aliphatic rings. The lowest BCUT2D eigenvalue weighted by atomic mass is 9.81. The van der Waals surface area contributed by atoms with Crippen molar-refractivity contribution in [1.82, 2.24) is 5.32 Å². The molecule has 2 unspecified atom stereocenters. The Labute approximate surface area is 82.6 Å². The van der Waals surface area contributed by atoms with Crippen molar-refractivity contribution in [2.45, 2.75) is 51.5 Å². The molecule has 0 aromatic rings. The molecule has 1 heteroatoms. The van der Waals surface area contributed by atoms with Gasteiger partial charge in [-0.25, -0.2) is 0 Å². The van der Waals surface area contributed by atoms with Crippen LogP contribution in [0.4, 0.5) is 0 Å². The summed E-state index contributed by atoms with van der Waals surface area (Å²) < 4.78 is 0. The normalized spacial score (nSPS) is 28.7. The molecule has 0 aliphatic heterocycles. The summed E-state index contributed by atoms with van der Waals surface area (Å²) in [5.74, 6) is 0.909. The Balaban J connectivity index is 2.31. The maximum atomic E-state index is 3.80. The molecule has 0 bridgehead atoms. The first-order chi connectivity index (χ1) is 6.38. The van der Waals surface area contributed by atoms with Crippen LogP contribution in [-0.2, 0) is 0 Å². The first kappa shape index (κ1) is 10.8. The third-order valence-electron chi connectivity index (χ3n) is 3.12. The van der Waals surface area contributed by atoms with Crippen LogP contribution in [0, 0.1) is 5.92 Å². The van der Waals surface area contributed by atoms with Gasteiger partial charge in [0.15, 0.2) is 0 Å². The highest BCUT2D eigenvalue weighted by atomic mass is 14.9. The molecule has 76 valence electrons. The van der Waals surface area contributed by atoms with Gasteiger partial charge >= 0.3 is 0 Å². The topological polar surface area (TPSA) is 12.0 Å². The van der Waals surface area contributed by atoms with Gasteiger partial charge in [-0.3, -0.25) is 0 Å². The van der Waals surface area contributed by atoms with E-state index in [1.165, 1.54) is 38.5 Å². The molecule has 0 radical (unpaired) electrons. The fraction of sp³-hybridized carbons (Fsp3) is 0.833. The molecule has 1 rings (SSSR count). The predicted molar refractivity (Wildman–Crippen MR) is 58.9 cm³/mol. The van der Waals surface area contributed by atoms with Crippen LogP contribution in [0.15, 0.2) is 12.7 Å². The average Bonchev–Trinajstić information content (AvgIpc) is 2.17. The van der Waals surface area contributed by atoms with E-state index in [-0.39, 0.29) is 0 Å². The second-order valence-corrected chi connectivity index (χ2v) is 4.07. The van der Waals surface area contributed by atoms with E-state index >= 15 is 0 Å². The van der Waals surface area contributed by atoms with Crippen molar-refractivity contribution in [1.29, 1.82) is 0 Å². The summed E-state index contributed by atoms with van der Waals surface area (Å²) >= 11 is 0. The molecule has 1 N–H and O–H groups in total. The molecule has 13 heavy (non-hydrogen) atoms. The number of nitrogens with one attached hydrogen (secondary N) is 1. The Hall–Kier alpha value is -0.300. The van der Waals surface area contributed by atoms with Crippen LogP contribution in [0.25, 0.3) is 0 Å². The minimum Gasteiger partial charge on any atom is -0.314 e. The van der Waals surface area contributed by atoms with Gasteiger partial charge < -0.3 is 5.32 Å². The van der Waals surface area contributed by atoms with Crippen molar-refractivity contribution in [2.24, 2.45) is 5.92 Å². The molecule has 1 aliphatic carbocycles. The second-order valence-electron chi connectivity index (χ2n) is 4.07. The van der Waals surface area contributed by atoms with E-state index in [1.54, 1.807) is 0 Å². The molecule has 0 aromatic carbocycles. The second kappa shape index (κ2) is 6.20. The predicted octanol–water partition coefficient (Wildman–Crippen LogP) is 3.12. The SMILES string of the molecule is C=CCCC1CCCCC1NCC. The quantitative estimate of drug-likeness (QED) is 0.643. The van der Waals surface area contributed by atoms with Gasteiger partial charge in [0.25, 0.3) is 0 Å². The van der Waals surface area contributed by atoms with E-state index in [4.69, 9.17) is 0 Å². The van der Waals surface area contributed by atoms with Gasteiger partial charge in [-0.1, -0.05) is 25.8 Å². The van der Waals surface area contributed by atoms with E-state index in [0.717, 1.165) is 18.5 Å². The van der Waals surface area contributed by atoms with Crippen molar-refractivity contribution in [3.05, 3.63) is 12.7 Å². The highest BCUT2D eigenvalue weighted by molar-refractivity contribution is 4.82. The highest BCUT2D eigenvalue weighted by Crippen LogP contribution is 2.27. The third-order valence-corrected chi connectivity index (χ3v) is 3.12. The monoisotopic (exact) mass is 181 g/mol. The number of hydrogen-bond donors (Lipinski definition) is 1. The molecule has 0 aromatic heterocycles. The van der Waals surface area contributed by atoms with Crippen LogP contribution in [0.2, 0.25) is 0 Å². The number of hydrogen-bond acceptors (Lipinski definition) is 1. The summed E-state index contributed by atoms with van der Waals surface area (Å²) in [7, 11) is 0. The minimum absolute atomic E-state index is 0.790. The minimum atomic E-state index is 0.790. The van der Waals surface area contributed by atoms with E-state index in [1.807, 2.05) is 0 Å². The van der Waals surface area contributed by atoms with Gasteiger partial charge in [0.1, 0.15) is 0 Å². The van der Waals surface area contributed by atoms with Gasteiger partial charge in [0.05, 0.1) is 0 Å². The van der Waals surface area contributed by atoms with Crippen LogP contribution in [0.1, 0.15) is 45.4 Å². The van der Waals surface area contributed by atoms with Gasteiger partial charge in [0, 0.05) is 6.04 Å². The van der Waals surface area contributed by atoms with Crippen LogP contribution in [0.3, 0.4) is 0 Å². The summed E-state index contributed by atoms with van der Waals surface area (Å²) in [6.07, 6.45) is 10.2. The zero-order valence-corrected chi connectivity index (χ0v) is 8.89. The Morgan fingerprint density at radius 1 is 1.38 bits per heavy atom. The number of allylic oxidation sites excluding steroid dienone is 1. The zero-order chi connectivity index (χ0) is 9.52. The Morgan fingerprint density at radius 3 is 2.85 bits per heavy atom. The third kappa shape index (κ3) is 3.51. The molecule has 0 spiro atoms. The lowest BCUT2D eigenvalue weighted by Crippen LogP contribution is -2.38. The van der Waals surface area contributed by atoms with Crippen molar-refractivity contribution in [3.8, 4) is 0 Å². The van der Waals surface area contributed by atoms with Crippen molar-refractivity contribution >= 4 is 0 Å². The smallest absolute Gasteiger partial charge is 0.00953 e. The molecule has 0 heterocycles. The van der Waals surface area contributed by atoms with Crippen molar-refractivity contribution in [3.63, 3.8) is 0 Å². The average molecular weight is 181 g/mol. The highest BCUT2D eigenvalue weighted by Gasteiger charge is 2.22. The van der Waals surface area contributed by atoms with E-state index in [2.05, 4.69) is 24.9 Å². The van der Waals surface area contributed by atoms with Gasteiger partial charge in [-0.15, -0.1) is 6.58 Å². The first-order valence-corrected chi connectivity index (χ1v) is 5.72. The fourth-order valence-corrected chi connectivity index (χ4v) is 2.42. The maximum absolute atomic E-state index is 3.80. The summed E-state index contributed by atoms with van der Waals surface area (Å²) in [4.78, 5) is 0. The summed E-state index contributed by atoms with van der Waals surface area (Å²) in [6, 6.07) is 0.790. The molecule has 2 atom stereocenters. The van der Waals surface area contributed by atoms with E-state index in [0.29, 0.717) is 0 Å². The molecule has 1 nitrogen and oxygen atoms in total. The first-order valence-electron chi connectivity index (χ1n) is 5.72. The van der Waals surface area contributed by atoms with Crippen LogP contribution in [0.5, 0.6) is 0 Å². The number of rotatable bonds is 5. The molecular formula is C12H23N. The Morgan fingerprint density at radius 2 is 2.15 bits per heavy atom. The fourth-order valence-electron chi connectivity index (χ4n) is 2.42. The molecule has 0 saturated heterocycles. The summed E-state index contributed by atoms with van der Waals surface area (Å²) in [6.45, 7) is 7.12. The lowest BCUT2D eigenvalue weighted by molar-refractivity contribution is 0.253. The van der Waals surface area contributed by atoms with Gasteiger partial charge in [-0.2, -0.15) is 0 Å². The van der Waals surface area contributed by atoms with Gasteiger partial charge in [-0.05, 0) is 38.1 Å². The van der Waals surface area contributed by atoms with Crippen LogP contribution >= 0.6 is 0 Å². The zero-order valence-electron chi connectivity index (χ0n) is 8.89.